The van der Waals surface area contributed by atoms with Crippen molar-refractivity contribution >= 4 is 0 Å². The molecule has 9 nitrogen and oxygen atoms in total. The highest BCUT2D eigenvalue weighted by Crippen LogP contribution is 2.33. The average Bonchev–Trinajstić information content (AvgIpc) is 3.32. The van der Waals surface area contributed by atoms with E-state index in [1.165, 1.54) is 6.33 Å². The molecule has 30 heavy (non-hydrogen) atoms. The van der Waals surface area contributed by atoms with Gasteiger partial charge in [-0.2, -0.15) is 5.10 Å². The maximum Gasteiger partial charge on any atom is 0.138 e. The van der Waals surface area contributed by atoms with Gasteiger partial charge in [0.2, 0.25) is 0 Å². The van der Waals surface area contributed by atoms with Gasteiger partial charge in [0.05, 0.1) is 12.3 Å². The first-order valence-corrected chi connectivity index (χ1v) is 9.54. The Balaban J connectivity index is 1.43. The standard InChI is InChI=1S/C21H23N3O6/c25-9-17-18(26)19(27)20(28)21(30-17)14-2-1-3-16(8-14)29-10-13-4-6-15(7-5-13)24-12-22-11-23-24/h1-8,11-12,17-21,25-28H,9-10H2/t17-,18-,19+,20+,21?/m1/s1. The highest BCUT2D eigenvalue weighted by Gasteiger charge is 2.43. The monoisotopic (exact) mass is 413 g/mol. The number of nitrogens with zero attached hydrogens (tertiary/aromatic N) is 3. The molecule has 1 aliphatic heterocycles. The van der Waals surface area contributed by atoms with Gasteiger partial charge in [-0.25, -0.2) is 9.67 Å². The maximum atomic E-state index is 10.3. The summed E-state index contributed by atoms with van der Waals surface area (Å²) >= 11 is 0. The fraction of sp³-hybridized carbons (Fsp3) is 0.333. The predicted molar refractivity (Wildman–Crippen MR) is 105 cm³/mol. The smallest absolute Gasteiger partial charge is 0.138 e. The topological polar surface area (TPSA) is 130 Å². The molecular weight excluding hydrogens is 390 g/mol. The second kappa shape index (κ2) is 8.90. The van der Waals surface area contributed by atoms with Crippen LogP contribution in [0.1, 0.15) is 17.2 Å². The molecule has 1 aliphatic rings. The molecule has 0 saturated carbocycles. The average molecular weight is 413 g/mol. The Labute approximate surface area is 172 Å². The number of rotatable bonds is 6. The van der Waals surface area contributed by atoms with Gasteiger partial charge in [-0.05, 0) is 35.4 Å². The van der Waals surface area contributed by atoms with Gasteiger partial charge in [0.1, 0.15) is 55.5 Å². The van der Waals surface area contributed by atoms with Crippen molar-refractivity contribution in [1.82, 2.24) is 14.8 Å². The van der Waals surface area contributed by atoms with E-state index in [1.54, 1.807) is 35.3 Å². The molecule has 0 amide bonds. The molecule has 4 rings (SSSR count). The number of hydrogen-bond acceptors (Lipinski definition) is 8. The van der Waals surface area contributed by atoms with E-state index < -0.39 is 37.1 Å². The minimum atomic E-state index is -1.42. The zero-order valence-electron chi connectivity index (χ0n) is 16.0. The number of aliphatic hydroxyl groups is 4. The summed E-state index contributed by atoms with van der Waals surface area (Å²) in [5, 5.41) is 43.7. The van der Waals surface area contributed by atoms with Crippen molar-refractivity contribution in [1.29, 1.82) is 0 Å². The molecule has 1 unspecified atom stereocenters. The van der Waals surface area contributed by atoms with Crippen LogP contribution in [0, 0.1) is 0 Å². The van der Waals surface area contributed by atoms with Gasteiger partial charge < -0.3 is 29.9 Å². The lowest BCUT2D eigenvalue weighted by Gasteiger charge is -2.40. The molecule has 0 bridgehead atoms. The van der Waals surface area contributed by atoms with Crippen molar-refractivity contribution in [3.05, 3.63) is 72.3 Å². The van der Waals surface area contributed by atoms with E-state index in [0.717, 1.165) is 11.3 Å². The molecular formula is C21H23N3O6. The molecule has 2 heterocycles. The third kappa shape index (κ3) is 4.20. The zero-order valence-corrected chi connectivity index (χ0v) is 16.0. The van der Waals surface area contributed by atoms with Crippen molar-refractivity contribution < 1.29 is 29.9 Å². The minimum absolute atomic E-state index is 0.329. The van der Waals surface area contributed by atoms with E-state index in [1.807, 2.05) is 24.3 Å². The first-order chi connectivity index (χ1) is 14.6. The van der Waals surface area contributed by atoms with E-state index >= 15 is 0 Å². The molecule has 0 aliphatic carbocycles. The van der Waals surface area contributed by atoms with Crippen LogP contribution in [0.2, 0.25) is 0 Å². The first kappa shape index (κ1) is 20.5. The molecule has 1 saturated heterocycles. The third-order valence-corrected chi connectivity index (χ3v) is 5.10. The number of aliphatic hydroxyl groups excluding tert-OH is 4. The summed E-state index contributed by atoms with van der Waals surface area (Å²) in [6.45, 7) is -0.141. The van der Waals surface area contributed by atoms with E-state index in [0.29, 0.717) is 17.9 Å². The van der Waals surface area contributed by atoms with Crippen LogP contribution in [0.3, 0.4) is 0 Å². The molecule has 158 valence electrons. The number of aromatic nitrogens is 3. The largest absolute Gasteiger partial charge is 0.489 e. The van der Waals surface area contributed by atoms with Crippen LogP contribution in [-0.2, 0) is 11.3 Å². The third-order valence-electron chi connectivity index (χ3n) is 5.10. The SMILES string of the molecule is OC[C@H]1OC(c2cccc(OCc3ccc(-n4cncn4)cc3)c2)[C@@H](O)[C@@H](O)[C@@H]1O. The van der Waals surface area contributed by atoms with Crippen molar-refractivity contribution in [3.8, 4) is 11.4 Å². The highest BCUT2D eigenvalue weighted by atomic mass is 16.5. The molecule has 0 radical (unpaired) electrons. The van der Waals surface area contributed by atoms with Crippen molar-refractivity contribution in [2.45, 2.75) is 37.1 Å². The number of benzene rings is 2. The van der Waals surface area contributed by atoms with Gasteiger partial charge in [-0.15, -0.1) is 0 Å². The summed E-state index contributed by atoms with van der Waals surface area (Å²) in [6.07, 6.45) is -2.90. The molecule has 1 fully saturated rings. The van der Waals surface area contributed by atoms with Gasteiger partial charge in [0, 0.05) is 0 Å². The van der Waals surface area contributed by atoms with E-state index in [2.05, 4.69) is 10.1 Å². The molecule has 0 spiro atoms. The Hall–Kier alpha value is -2.82. The van der Waals surface area contributed by atoms with Crippen LogP contribution in [0.15, 0.2) is 61.2 Å². The summed E-state index contributed by atoms with van der Waals surface area (Å²) in [5.74, 6) is 0.560. The van der Waals surface area contributed by atoms with Gasteiger partial charge >= 0.3 is 0 Å². The van der Waals surface area contributed by atoms with Crippen LogP contribution in [0.4, 0.5) is 0 Å². The summed E-state index contributed by atoms with van der Waals surface area (Å²) in [5.41, 5.74) is 2.42. The van der Waals surface area contributed by atoms with Crippen molar-refractivity contribution in [2.24, 2.45) is 0 Å². The van der Waals surface area contributed by atoms with Crippen LogP contribution in [-0.4, -0.2) is 66.2 Å². The quantitative estimate of drug-likeness (QED) is 0.456. The lowest BCUT2D eigenvalue weighted by atomic mass is 9.91. The zero-order chi connectivity index (χ0) is 21.1. The predicted octanol–water partition coefficient (Wildman–Crippen LogP) is 0.361. The van der Waals surface area contributed by atoms with Crippen LogP contribution >= 0.6 is 0 Å². The summed E-state index contributed by atoms with van der Waals surface area (Å²) < 4.78 is 13.1. The van der Waals surface area contributed by atoms with Gasteiger partial charge in [0.15, 0.2) is 0 Å². The fourth-order valence-corrected chi connectivity index (χ4v) is 3.41. The normalized spacial score (nSPS) is 26.5. The summed E-state index contributed by atoms with van der Waals surface area (Å²) in [7, 11) is 0. The Kier molecular flexibility index (Phi) is 6.07. The Morgan fingerprint density at radius 1 is 1.00 bits per heavy atom. The summed E-state index contributed by atoms with van der Waals surface area (Å²) in [6, 6.07) is 14.6. The van der Waals surface area contributed by atoms with E-state index in [-0.39, 0.29) is 0 Å². The van der Waals surface area contributed by atoms with Gasteiger partial charge in [-0.1, -0.05) is 24.3 Å². The van der Waals surface area contributed by atoms with Crippen LogP contribution < -0.4 is 4.74 Å². The Morgan fingerprint density at radius 3 is 2.50 bits per heavy atom. The van der Waals surface area contributed by atoms with E-state index in [4.69, 9.17) is 9.47 Å². The van der Waals surface area contributed by atoms with Gasteiger partial charge in [-0.3, -0.25) is 0 Å². The Morgan fingerprint density at radius 2 is 1.80 bits per heavy atom. The van der Waals surface area contributed by atoms with Crippen LogP contribution in [0.25, 0.3) is 5.69 Å². The van der Waals surface area contributed by atoms with Crippen LogP contribution in [0.5, 0.6) is 5.75 Å². The minimum Gasteiger partial charge on any atom is -0.489 e. The maximum absolute atomic E-state index is 10.3. The molecule has 1 aromatic heterocycles. The molecule has 2 aromatic carbocycles. The molecule has 4 N–H and O–H groups in total. The fourth-order valence-electron chi connectivity index (χ4n) is 3.41. The molecule has 3 aromatic rings. The molecule has 5 atom stereocenters. The Bertz CT molecular complexity index is 948. The second-order valence-corrected chi connectivity index (χ2v) is 7.12. The van der Waals surface area contributed by atoms with E-state index in [9.17, 15) is 20.4 Å². The number of ether oxygens (including phenoxy) is 2. The second-order valence-electron chi connectivity index (χ2n) is 7.12. The lowest BCUT2D eigenvalue weighted by molar-refractivity contribution is -0.231. The van der Waals surface area contributed by atoms with Gasteiger partial charge in [0.25, 0.3) is 0 Å². The van der Waals surface area contributed by atoms with Crippen molar-refractivity contribution in [2.75, 3.05) is 6.61 Å². The summed E-state index contributed by atoms with van der Waals surface area (Å²) in [4.78, 5) is 3.92. The van der Waals surface area contributed by atoms with Crippen molar-refractivity contribution in [3.63, 3.8) is 0 Å². The first-order valence-electron chi connectivity index (χ1n) is 9.54. The number of hydrogen-bond donors (Lipinski definition) is 4. The highest BCUT2D eigenvalue weighted by molar-refractivity contribution is 5.34. The molecule has 9 heteroatoms. The lowest BCUT2D eigenvalue weighted by Crippen LogP contribution is -2.55.